The molecule has 76 valence electrons. The standard InChI is InChI=1S/C11H16N2O/c1-2-9-10(3-1)13-14-11(9)8-4-6-12-7-5-8/h8,12H,1-7H2. The summed E-state index contributed by atoms with van der Waals surface area (Å²) in [5.74, 6) is 1.84. The van der Waals surface area contributed by atoms with Gasteiger partial charge in [0.05, 0.1) is 5.69 Å². The molecule has 0 bridgehead atoms. The van der Waals surface area contributed by atoms with Gasteiger partial charge in [-0.05, 0) is 45.2 Å². The quantitative estimate of drug-likeness (QED) is 0.735. The van der Waals surface area contributed by atoms with Crippen LogP contribution in [-0.4, -0.2) is 18.2 Å². The van der Waals surface area contributed by atoms with E-state index >= 15 is 0 Å². The molecule has 14 heavy (non-hydrogen) atoms. The number of fused-ring (bicyclic) bond motifs is 1. The molecule has 0 spiro atoms. The Morgan fingerprint density at radius 3 is 2.93 bits per heavy atom. The first-order chi connectivity index (χ1) is 6.95. The Kier molecular flexibility index (Phi) is 2.05. The highest BCUT2D eigenvalue weighted by atomic mass is 16.5. The van der Waals surface area contributed by atoms with E-state index in [4.69, 9.17) is 4.52 Å². The highest BCUT2D eigenvalue weighted by molar-refractivity contribution is 5.29. The molecule has 0 atom stereocenters. The minimum atomic E-state index is 0.630. The van der Waals surface area contributed by atoms with Gasteiger partial charge in [0.25, 0.3) is 0 Å². The van der Waals surface area contributed by atoms with Crippen LogP contribution in [0.25, 0.3) is 0 Å². The summed E-state index contributed by atoms with van der Waals surface area (Å²) in [7, 11) is 0. The van der Waals surface area contributed by atoms with Gasteiger partial charge in [0.1, 0.15) is 5.76 Å². The van der Waals surface area contributed by atoms with Crippen LogP contribution in [-0.2, 0) is 12.8 Å². The predicted molar refractivity (Wildman–Crippen MR) is 53.4 cm³/mol. The third-order valence-corrected chi connectivity index (χ3v) is 3.45. The Labute approximate surface area is 83.9 Å². The first-order valence-corrected chi connectivity index (χ1v) is 5.63. The maximum atomic E-state index is 5.50. The zero-order chi connectivity index (χ0) is 9.38. The molecule has 1 saturated heterocycles. The predicted octanol–water partition coefficient (Wildman–Crippen LogP) is 1.63. The Balaban J connectivity index is 1.88. The summed E-state index contributed by atoms with van der Waals surface area (Å²) < 4.78 is 5.50. The van der Waals surface area contributed by atoms with E-state index in [1.165, 1.54) is 42.7 Å². The van der Waals surface area contributed by atoms with Crippen LogP contribution in [0.5, 0.6) is 0 Å². The number of hydrogen-bond donors (Lipinski definition) is 1. The maximum Gasteiger partial charge on any atom is 0.143 e. The van der Waals surface area contributed by atoms with Crippen molar-refractivity contribution in [1.82, 2.24) is 10.5 Å². The van der Waals surface area contributed by atoms with Crippen molar-refractivity contribution in [1.29, 1.82) is 0 Å². The lowest BCUT2D eigenvalue weighted by molar-refractivity contribution is 0.321. The Morgan fingerprint density at radius 1 is 1.21 bits per heavy atom. The number of nitrogens with zero attached hydrogens (tertiary/aromatic N) is 1. The van der Waals surface area contributed by atoms with Crippen LogP contribution in [0.15, 0.2) is 4.52 Å². The SMILES string of the molecule is C1Cc2noc(C3CCNCC3)c2C1. The minimum Gasteiger partial charge on any atom is -0.361 e. The van der Waals surface area contributed by atoms with E-state index < -0.39 is 0 Å². The normalized spacial score (nSPS) is 22.6. The molecule has 3 nitrogen and oxygen atoms in total. The van der Waals surface area contributed by atoms with E-state index in [0.717, 1.165) is 19.5 Å². The van der Waals surface area contributed by atoms with Gasteiger partial charge in [-0.25, -0.2) is 0 Å². The maximum absolute atomic E-state index is 5.50. The molecule has 0 amide bonds. The van der Waals surface area contributed by atoms with Crippen LogP contribution >= 0.6 is 0 Å². The Hall–Kier alpha value is -0.830. The van der Waals surface area contributed by atoms with Crippen LogP contribution in [0.2, 0.25) is 0 Å². The van der Waals surface area contributed by atoms with Crippen molar-refractivity contribution >= 4 is 0 Å². The second kappa shape index (κ2) is 3.39. The van der Waals surface area contributed by atoms with Crippen molar-refractivity contribution in [2.75, 3.05) is 13.1 Å². The fourth-order valence-electron chi connectivity index (χ4n) is 2.66. The summed E-state index contributed by atoms with van der Waals surface area (Å²) in [5, 5.41) is 7.56. The number of aryl methyl sites for hydroxylation is 1. The van der Waals surface area contributed by atoms with Gasteiger partial charge >= 0.3 is 0 Å². The highest BCUT2D eigenvalue weighted by Crippen LogP contribution is 2.33. The largest absolute Gasteiger partial charge is 0.361 e. The van der Waals surface area contributed by atoms with Crippen LogP contribution in [0.4, 0.5) is 0 Å². The van der Waals surface area contributed by atoms with Gasteiger partial charge in [-0.15, -0.1) is 0 Å². The summed E-state index contributed by atoms with van der Waals surface area (Å²) in [6.07, 6.45) is 6.01. The molecule has 3 heteroatoms. The molecule has 1 aliphatic heterocycles. The molecule has 0 radical (unpaired) electrons. The molecule has 1 aliphatic carbocycles. The number of piperidine rings is 1. The van der Waals surface area contributed by atoms with Gasteiger partial charge in [-0.2, -0.15) is 0 Å². The number of hydrogen-bond acceptors (Lipinski definition) is 3. The molecule has 0 unspecified atom stereocenters. The van der Waals surface area contributed by atoms with Crippen molar-refractivity contribution in [2.45, 2.75) is 38.0 Å². The highest BCUT2D eigenvalue weighted by Gasteiger charge is 2.27. The lowest BCUT2D eigenvalue weighted by Gasteiger charge is -2.20. The van der Waals surface area contributed by atoms with Crippen molar-refractivity contribution in [3.05, 3.63) is 17.0 Å². The third kappa shape index (κ3) is 1.27. The molecule has 1 aromatic heterocycles. The van der Waals surface area contributed by atoms with Crippen molar-refractivity contribution in [2.24, 2.45) is 0 Å². The number of aromatic nitrogens is 1. The van der Waals surface area contributed by atoms with E-state index in [0.29, 0.717) is 5.92 Å². The molecular weight excluding hydrogens is 176 g/mol. The molecule has 3 rings (SSSR count). The fourth-order valence-corrected chi connectivity index (χ4v) is 2.66. The van der Waals surface area contributed by atoms with Crippen LogP contribution in [0.1, 0.15) is 42.2 Å². The van der Waals surface area contributed by atoms with E-state index in [2.05, 4.69) is 10.5 Å². The summed E-state index contributed by atoms with van der Waals surface area (Å²) >= 11 is 0. The van der Waals surface area contributed by atoms with Crippen molar-refractivity contribution < 1.29 is 4.52 Å². The summed E-state index contributed by atoms with van der Waals surface area (Å²) in [6, 6.07) is 0. The molecule has 0 saturated carbocycles. The van der Waals surface area contributed by atoms with Gasteiger partial charge in [0, 0.05) is 11.5 Å². The van der Waals surface area contributed by atoms with Gasteiger partial charge in [-0.1, -0.05) is 5.16 Å². The molecule has 1 aromatic rings. The minimum absolute atomic E-state index is 0.630. The smallest absolute Gasteiger partial charge is 0.143 e. The second-order valence-corrected chi connectivity index (χ2v) is 4.35. The monoisotopic (exact) mass is 192 g/mol. The van der Waals surface area contributed by atoms with Gasteiger partial charge in [0.2, 0.25) is 0 Å². The van der Waals surface area contributed by atoms with Crippen LogP contribution in [0, 0.1) is 0 Å². The average molecular weight is 192 g/mol. The Bertz CT molecular complexity index is 326. The van der Waals surface area contributed by atoms with Crippen LogP contribution in [0.3, 0.4) is 0 Å². The summed E-state index contributed by atoms with van der Waals surface area (Å²) in [4.78, 5) is 0. The lowest BCUT2D eigenvalue weighted by atomic mass is 9.92. The first-order valence-electron chi connectivity index (χ1n) is 5.63. The Morgan fingerprint density at radius 2 is 2.07 bits per heavy atom. The number of rotatable bonds is 1. The topological polar surface area (TPSA) is 38.1 Å². The molecule has 1 fully saturated rings. The number of nitrogens with one attached hydrogen (secondary N) is 1. The fraction of sp³-hybridized carbons (Fsp3) is 0.727. The third-order valence-electron chi connectivity index (χ3n) is 3.45. The zero-order valence-corrected chi connectivity index (χ0v) is 8.38. The molecule has 1 N–H and O–H groups in total. The van der Waals surface area contributed by atoms with Crippen molar-refractivity contribution in [3.63, 3.8) is 0 Å². The van der Waals surface area contributed by atoms with Crippen LogP contribution < -0.4 is 5.32 Å². The average Bonchev–Trinajstić information content (AvgIpc) is 2.79. The zero-order valence-electron chi connectivity index (χ0n) is 8.38. The van der Waals surface area contributed by atoms with Gasteiger partial charge in [-0.3, -0.25) is 0 Å². The van der Waals surface area contributed by atoms with Gasteiger partial charge < -0.3 is 9.84 Å². The lowest BCUT2D eigenvalue weighted by Crippen LogP contribution is -2.26. The summed E-state index contributed by atoms with van der Waals surface area (Å²) in [6.45, 7) is 2.25. The molecule has 2 heterocycles. The van der Waals surface area contributed by atoms with E-state index in [1.54, 1.807) is 0 Å². The van der Waals surface area contributed by atoms with E-state index in [-0.39, 0.29) is 0 Å². The molecular formula is C11H16N2O. The van der Waals surface area contributed by atoms with Gasteiger partial charge in [0.15, 0.2) is 0 Å². The molecule has 0 aromatic carbocycles. The first kappa shape index (κ1) is 8.48. The molecule has 2 aliphatic rings. The second-order valence-electron chi connectivity index (χ2n) is 4.35. The van der Waals surface area contributed by atoms with E-state index in [9.17, 15) is 0 Å². The summed E-state index contributed by atoms with van der Waals surface area (Å²) in [5.41, 5.74) is 2.68. The van der Waals surface area contributed by atoms with E-state index in [1.807, 2.05) is 0 Å². The van der Waals surface area contributed by atoms with Crippen molar-refractivity contribution in [3.8, 4) is 0 Å².